The van der Waals surface area contributed by atoms with Gasteiger partial charge in [0.1, 0.15) is 5.69 Å². The van der Waals surface area contributed by atoms with Crippen molar-refractivity contribution in [3.63, 3.8) is 0 Å². The van der Waals surface area contributed by atoms with Gasteiger partial charge in [0, 0.05) is 18.3 Å². The Kier molecular flexibility index (Phi) is 8.54. The molecule has 1 aliphatic rings. The van der Waals surface area contributed by atoms with E-state index in [9.17, 15) is 26.4 Å². The average molecular weight is 549 g/mol. The zero-order valence-corrected chi connectivity index (χ0v) is 21.8. The molecule has 1 unspecified atom stereocenters. The molecule has 1 N–H and O–H groups in total. The summed E-state index contributed by atoms with van der Waals surface area (Å²) >= 11 is 0.819. The molecule has 1 atom stereocenters. The van der Waals surface area contributed by atoms with E-state index in [1.807, 2.05) is 37.3 Å². The quantitative estimate of drug-likeness (QED) is 0.336. The molecule has 1 aromatic heterocycles. The number of esters is 1. The highest BCUT2D eigenvalue weighted by atomic mass is 32.2. The second-order valence-electron chi connectivity index (χ2n) is 8.73. The Morgan fingerprint density at radius 2 is 2.03 bits per heavy atom. The van der Waals surface area contributed by atoms with Gasteiger partial charge in [-0.25, -0.2) is 13.2 Å². The number of sulfonamides is 1. The number of hydrogen-bond donors (Lipinski definition) is 1. The molecule has 0 saturated heterocycles. The molecule has 2 heterocycles. The summed E-state index contributed by atoms with van der Waals surface area (Å²) in [6, 6.07) is 3.24. The van der Waals surface area contributed by atoms with Crippen molar-refractivity contribution >= 4 is 49.5 Å². The Bertz CT molecular complexity index is 1230. The Hall–Kier alpha value is -2.81. The fourth-order valence-corrected chi connectivity index (χ4v) is 5.21. The fourth-order valence-electron chi connectivity index (χ4n) is 3.65. The van der Waals surface area contributed by atoms with Gasteiger partial charge >= 0.3 is 12.1 Å². The molecular formula is C21H27F3N6O4S2. The van der Waals surface area contributed by atoms with E-state index in [1.165, 1.54) is 6.07 Å². The van der Waals surface area contributed by atoms with Crippen LogP contribution < -0.4 is 9.62 Å². The predicted molar refractivity (Wildman–Crippen MR) is 130 cm³/mol. The highest BCUT2D eigenvalue weighted by molar-refractivity contribution is 7.92. The van der Waals surface area contributed by atoms with Gasteiger partial charge in [-0.2, -0.15) is 13.2 Å². The summed E-state index contributed by atoms with van der Waals surface area (Å²) in [5.74, 6) is -2.57. The molecule has 1 aromatic carbocycles. The number of nitrogens with zero attached hydrogens (tertiary/aromatic N) is 5. The minimum Gasteiger partial charge on any atom is -0.460 e. The van der Waals surface area contributed by atoms with Gasteiger partial charge in [-0.05, 0) is 50.3 Å². The summed E-state index contributed by atoms with van der Waals surface area (Å²) in [6.07, 6.45) is -3.40. The van der Waals surface area contributed by atoms with Crippen LogP contribution in [0.2, 0.25) is 0 Å². The number of carbonyl (C=O) groups is 1. The molecule has 15 heteroatoms. The number of aryl methyl sites for hydroxylation is 1. The first-order valence-corrected chi connectivity index (χ1v) is 13.7. The molecule has 0 saturated carbocycles. The molecule has 0 amide bonds. The number of fused-ring (bicyclic) bond motifs is 1. The summed E-state index contributed by atoms with van der Waals surface area (Å²) in [4.78, 5) is 14.1. The molecule has 36 heavy (non-hydrogen) atoms. The summed E-state index contributed by atoms with van der Waals surface area (Å²) in [5, 5.41) is 15.4. The number of aromatic nitrogens is 2. The third-order valence-electron chi connectivity index (χ3n) is 5.21. The number of ether oxygens (including phenoxy) is 1. The predicted octanol–water partition coefficient (Wildman–Crippen LogP) is 5.23. The van der Waals surface area contributed by atoms with E-state index >= 15 is 0 Å². The number of carbonyl (C=O) groups excluding carboxylic acids is 1. The minimum absolute atomic E-state index is 0.00266. The van der Waals surface area contributed by atoms with Gasteiger partial charge in [0.25, 0.3) is 5.13 Å². The smallest absolute Gasteiger partial charge is 0.404 e. The topological polar surface area (TPSA) is 126 Å². The van der Waals surface area contributed by atoms with E-state index in [4.69, 9.17) is 4.74 Å². The van der Waals surface area contributed by atoms with Gasteiger partial charge in [-0.1, -0.05) is 25.2 Å². The third-order valence-corrected chi connectivity index (χ3v) is 7.24. The van der Waals surface area contributed by atoms with Crippen molar-refractivity contribution in [1.29, 1.82) is 0 Å². The normalized spacial score (nSPS) is 16.4. The Morgan fingerprint density at radius 1 is 1.31 bits per heavy atom. The second kappa shape index (κ2) is 11.1. The number of nitrogens with one attached hydrogen (secondary N) is 1. The molecule has 1 aliphatic heterocycles. The molecule has 2 aromatic rings. The molecule has 0 bridgehead atoms. The van der Waals surface area contributed by atoms with Crippen LogP contribution in [0.1, 0.15) is 49.5 Å². The summed E-state index contributed by atoms with van der Waals surface area (Å²) in [6.45, 7) is 8.56. The SMILES string of the molecule is CCN1c2cc(NS(=O)(=O)CC(F)(F)F)c(N=Nc3nnc(C(=O)OCC(C)C)s3)cc2CCC1C. The fraction of sp³-hybridized carbons (Fsp3) is 0.571. The van der Waals surface area contributed by atoms with Gasteiger partial charge in [0.05, 0.1) is 12.3 Å². The maximum absolute atomic E-state index is 12.8. The first kappa shape index (κ1) is 27.8. The lowest BCUT2D eigenvalue weighted by molar-refractivity contribution is -0.106. The minimum atomic E-state index is -4.92. The van der Waals surface area contributed by atoms with E-state index in [0.29, 0.717) is 18.7 Å². The molecule has 198 valence electrons. The van der Waals surface area contributed by atoms with Crippen molar-refractivity contribution in [2.24, 2.45) is 16.1 Å². The zero-order valence-electron chi connectivity index (χ0n) is 20.2. The summed E-state index contributed by atoms with van der Waals surface area (Å²) in [5.41, 5.74) is 1.45. The molecule has 0 aliphatic carbocycles. The Balaban J connectivity index is 1.94. The van der Waals surface area contributed by atoms with Crippen molar-refractivity contribution in [2.45, 2.75) is 52.8 Å². The zero-order chi connectivity index (χ0) is 26.7. The van der Waals surface area contributed by atoms with E-state index in [2.05, 4.69) is 20.4 Å². The number of anilines is 2. The van der Waals surface area contributed by atoms with Crippen molar-refractivity contribution in [3.05, 3.63) is 22.7 Å². The largest absolute Gasteiger partial charge is 0.460 e. The lowest BCUT2D eigenvalue weighted by atomic mass is 9.95. The number of azo groups is 1. The molecular weight excluding hydrogens is 521 g/mol. The number of benzene rings is 1. The van der Waals surface area contributed by atoms with Crippen LogP contribution in [-0.4, -0.2) is 55.7 Å². The van der Waals surface area contributed by atoms with E-state index < -0.39 is 27.9 Å². The summed E-state index contributed by atoms with van der Waals surface area (Å²) < 4.78 is 70.0. The number of rotatable bonds is 9. The second-order valence-corrected chi connectivity index (χ2v) is 11.4. The van der Waals surface area contributed by atoms with Crippen LogP contribution in [0.25, 0.3) is 0 Å². The van der Waals surface area contributed by atoms with Gasteiger partial charge in [-0.15, -0.1) is 20.4 Å². The van der Waals surface area contributed by atoms with Crippen molar-refractivity contribution in [1.82, 2.24) is 10.2 Å². The molecule has 0 spiro atoms. The van der Waals surface area contributed by atoms with Crippen LogP contribution in [0.15, 0.2) is 22.4 Å². The maximum Gasteiger partial charge on any atom is 0.404 e. The van der Waals surface area contributed by atoms with Crippen molar-refractivity contribution < 1.29 is 31.1 Å². The lowest BCUT2D eigenvalue weighted by Crippen LogP contribution is -2.37. The first-order chi connectivity index (χ1) is 16.8. The number of alkyl halides is 3. The van der Waals surface area contributed by atoms with Gasteiger partial charge < -0.3 is 9.64 Å². The third kappa shape index (κ3) is 7.35. The van der Waals surface area contributed by atoms with Crippen LogP contribution in [0.3, 0.4) is 0 Å². The van der Waals surface area contributed by atoms with Gasteiger partial charge in [0.15, 0.2) is 5.75 Å². The van der Waals surface area contributed by atoms with Crippen LogP contribution in [0.5, 0.6) is 0 Å². The average Bonchev–Trinajstić information content (AvgIpc) is 3.23. The molecule has 3 rings (SSSR count). The van der Waals surface area contributed by atoms with Crippen LogP contribution in [0.4, 0.5) is 35.4 Å². The number of halogens is 3. The lowest BCUT2D eigenvalue weighted by Gasteiger charge is -2.36. The van der Waals surface area contributed by atoms with Crippen molar-refractivity contribution in [3.8, 4) is 0 Å². The monoisotopic (exact) mass is 548 g/mol. The Morgan fingerprint density at radius 3 is 2.67 bits per heavy atom. The summed E-state index contributed by atoms with van der Waals surface area (Å²) in [7, 11) is -4.76. The molecule has 0 fully saturated rings. The van der Waals surface area contributed by atoms with Crippen molar-refractivity contribution in [2.75, 3.05) is 28.5 Å². The van der Waals surface area contributed by atoms with Crippen LogP contribution in [0, 0.1) is 5.92 Å². The van der Waals surface area contributed by atoms with Crippen LogP contribution >= 0.6 is 11.3 Å². The molecule has 0 radical (unpaired) electrons. The van der Waals surface area contributed by atoms with E-state index in [1.54, 1.807) is 6.07 Å². The number of hydrogen-bond acceptors (Lipinski definition) is 10. The highest BCUT2D eigenvalue weighted by Gasteiger charge is 2.36. The molecule has 10 nitrogen and oxygen atoms in total. The van der Waals surface area contributed by atoms with E-state index in [-0.39, 0.29) is 40.1 Å². The first-order valence-electron chi connectivity index (χ1n) is 11.2. The van der Waals surface area contributed by atoms with Crippen LogP contribution in [-0.2, 0) is 21.2 Å². The van der Waals surface area contributed by atoms with Gasteiger partial charge in [0.2, 0.25) is 15.0 Å². The van der Waals surface area contributed by atoms with Gasteiger partial charge in [-0.3, -0.25) is 4.72 Å². The maximum atomic E-state index is 12.8. The standard InChI is InChI=1S/C21H27F3N6O4S2/c1-5-30-13(4)6-7-14-8-15(16(9-17(14)30)29-36(32,33)11-21(22,23)24)25-27-20-28-26-18(35-20)19(31)34-10-12(2)3/h8-9,12-13,29H,5-7,10-11H2,1-4H3. The Labute approximate surface area is 211 Å². The highest BCUT2D eigenvalue weighted by Crippen LogP contribution is 2.40. The van der Waals surface area contributed by atoms with E-state index in [0.717, 1.165) is 23.3 Å².